The number of thioether (sulfide) groups is 1. The Morgan fingerprint density at radius 2 is 2.38 bits per heavy atom. The van der Waals surface area contributed by atoms with Crippen LogP contribution >= 0.6 is 34.4 Å². The van der Waals surface area contributed by atoms with Crippen LogP contribution < -0.4 is 5.73 Å². The predicted octanol–water partition coefficient (Wildman–Crippen LogP) is 1.87. The number of hydrogen-bond donors (Lipinski definition) is 1. The number of thiazole rings is 1. The average molecular weight is 230 g/mol. The summed E-state index contributed by atoms with van der Waals surface area (Å²) in [6.07, 6.45) is 1.80. The molecule has 0 saturated heterocycles. The third-order valence-electron chi connectivity index (χ3n) is 1.22. The van der Waals surface area contributed by atoms with Gasteiger partial charge in [-0.3, -0.25) is 0 Å². The molecule has 2 N–H and O–H groups in total. The fraction of sp³-hybridized carbons (Fsp3) is 0.167. The van der Waals surface area contributed by atoms with E-state index in [1.807, 2.05) is 5.38 Å². The number of anilines is 1. The van der Waals surface area contributed by atoms with E-state index in [1.165, 1.54) is 11.3 Å². The standard InChI is InChI=1S/C6H6N4S3/c7-5-9-10-6(13-5)12-3-4-8-1-2-11-4/h1-2H,3H2,(H2,7,9). The van der Waals surface area contributed by atoms with Gasteiger partial charge in [0.25, 0.3) is 0 Å². The summed E-state index contributed by atoms with van der Waals surface area (Å²) in [5, 5.41) is 11.2. The van der Waals surface area contributed by atoms with Crippen molar-refractivity contribution >= 4 is 39.6 Å². The normalized spacial score (nSPS) is 10.5. The lowest BCUT2D eigenvalue weighted by atomic mass is 10.8. The molecule has 0 spiro atoms. The van der Waals surface area contributed by atoms with Gasteiger partial charge in [0.1, 0.15) is 5.01 Å². The van der Waals surface area contributed by atoms with Crippen molar-refractivity contribution in [3.8, 4) is 0 Å². The van der Waals surface area contributed by atoms with E-state index in [4.69, 9.17) is 5.73 Å². The highest BCUT2D eigenvalue weighted by Crippen LogP contribution is 2.27. The maximum absolute atomic E-state index is 5.45. The van der Waals surface area contributed by atoms with E-state index in [2.05, 4.69) is 15.2 Å². The van der Waals surface area contributed by atoms with Crippen LogP contribution in [-0.2, 0) is 5.75 Å². The Labute approximate surface area is 87.2 Å². The SMILES string of the molecule is Nc1nnc(SCc2nccs2)s1. The van der Waals surface area contributed by atoms with Crippen molar-refractivity contribution in [2.24, 2.45) is 0 Å². The minimum absolute atomic E-state index is 0.515. The first-order valence-corrected chi connectivity index (χ1v) is 6.13. The molecule has 0 amide bonds. The number of nitrogens with zero attached hydrogens (tertiary/aromatic N) is 3. The first kappa shape index (κ1) is 8.92. The molecule has 2 aromatic rings. The molecule has 0 aliphatic rings. The quantitative estimate of drug-likeness (QED) is 0.815. The van der Waals surface area contributed by atoms with Crippen LogP contribution in [-0.4, -0.2) is 15.2 Å². The molecule has 13 heavy (non-hydrogen) atoms. The summed E-state index contributed by atoms with van der Waals surface area (Å²) in [6, 6.07) is 0. The number of nitrogen functional groups attached to an aromatic ring is 1. The maximum atomic E-state index is 5.45. The molecule has 0 aromatic carbocycles. The Bertz CT molecular complexity index is 369. The molecule has 0 aliphatic heterocycles. The Morgan fingerprint density at radius 3 is 3.00 bits per heavy atom. The van der Waals surface area contributed by atoms with Gasteiger partial charge in [-0.2, -0.15) is 0 Å². The number of hydrogen-bond acceptors (Lipinski definition) is 7. The molecule has 0 atom stereocenters. The van der Waals surface area contributed by atoms with Crippen molar-refractivity contribution in [3.05, 3.63) is 16.6 Å². The van der Waals surface area contributed by atoms with E-state index in [0.717, 1.165) is 15.1 Å². The summed E-state index contributed by atoms with van der Waals surface area (Å²) in [6.45, 7) is 0. The van der Waals surface area contributed by atoms with Gasteiger partial charge >= 0.3 is 0 Å². The Hall–Kier alpha value is -0.660. The van der Waals surface area contributed by atoms with Gasteiger partial charge in [-0.25, -0.2) is 4.98 Å². The van der Waals surface area contributed by atoms with Crippen molar-refractivity contribution in [2.75, 3.05) is 5.73 Å². The fourth-order valence-corrected chi connectivity index (χ4v) is 3.01. The van der Waals surface area contributed by atoms with Crippen molar-refractivity contribution in [1.82, 2.24) is 15.2 Å². The average Bonchev–Trinajstić information content (AvgIpc) is 2.71. The van der Waals surface area contributed by atoms with E-state index in [-0.39, 0.29) is 0 Å². The van der Waals surface area contributed by atoms with Crippen LogP contribution in [0.5, 0.6) is 0 Å². The van der Waals surface area contributed by atoms with Crippen LogP contribution in [0.15, 0.2) is 15.9 Å². The number of rotatable bonds is 3. The highest BCUT2D eigenvalue weighted by molar-refractivity contribution is 8.00. The van der Waals surface area contributed by atoms with Gasteiger partial charge < -0.3 is 5.73 Å². The van der Waals surface area contributed by atoms with Gasteiger partial charge in [-0.05, 0) is 0 Å². The maximum Gasteiger partial charge on any atom is 0.203 e. The summed E-state index contributed by atoms with van der Waals surface area (Å²) in [7, 11) is 0. The van der Waals surface area contributed by atoms with Crippen LogP contribution in [0.4, 0.5) is 5.13 Å². The molecular weight excluding hydrogens is 224 g/mol. The molecule has 68 valence electrons. The van der Waals surface area contributed by atoms with E-state index in [1.54, 1.807) is 29.3 Å². The molecule has 0 bridgehead atoms. The van der Waals surface area contributed by atoms with Crippen molar-refractivity contribution in [1.29, 1.82) is 0 Å². The molecule has 0 unspecified atom stereocenters. The number of nitrogens with two attached hydrogens (primary N) is 1. The molecule has 7 heteroatoms. The highest BCUT2D eigenvalue weighted by Gasteiger charge is 2.03. The van der Waals surface area contributed by atoms with Gasteiger partial charge in [0.15, 0.2) is 4.34 Å². The van der Waals surface area contributed by atoms with E-state index in [9.17, 15) is 0 Å². The Balaban J connectivity index is 1.93. The molecule has 2 aromatic heterocycles. The Kier molecular flexibility index (Phi) is 2.77. The van der Waals surface area contributed by atoms with Gasteiger partial charge in [0.05, 0.1) is 5.75 Å². The van der Waals surface area contributed by atoms with Gasteiger partial charge in [-0.1, -0.05) is 23.1 Å². The fourth-order valence-electron chi connectivity index (χ4n) is 0.726. The second kappa shape index (κ2) is 4.03. The molecular formula is C6H6N4S3. The van der Waals surface area contributed by atoms with Gasteiger partial charge in [-0.15, -0.1) is 21.5 Å². The van der Waals surface area contributed by atoms with Crippen molar-refractivity contribution < 1.29 is 0 Å². The zero-order chi connectivity index (χ0) is 9.10. The number of aromatic nitrogens is 3. The topological polar surface area (TPSA) is 64.7 Å². The molecule has 0 radical (unpaired) electrons. The molecule has 0 fully saturated rings. The van der Waals surface area contributed by atoms with E-state index >= 15 is 0 Å². The second-order valence-electron chi connectivity index (χ2n) is 2.12. The zero-order valence-corrected chi connectivity index (χ0v) is 8.96. The summed E-state index contributed by atoms with van der Waals surface area (Å²) in [5.41, 5.74) is 5.45. The lowest BCUT2D eigenvalue weighted by Gasteiger charge is -1.90. The molecule has 2 rings (SSSR count). The zero-order valence-electron chi connectivity index (χ0n) is 6.51. The third-order valence-corrected chi connectivity index (χ3v) is 4.08. The largest absolute Gasteiger partial charge is 0.374 e. The lowest BCUT2D eigenvalue weighted by Crippen LogP contribution is -1.80. The lowest BCUT2D eigenvalue weighted by molar-refractivity contribution is 1.02. The summed E-state index contributed by atoms with van der Waals surface area (Å²) in [4.78, 5) is 4.16. The van der Waals surface area contributed by atoms with Crippen LogP contribution in [0, 0.1) is 0 Å². The summed E-state index contributed by atoms with van der Waals surface area (Å²) < 4.78 is 0.896. The second-order valence-corrected chi connectivity index (χ2v) is 5.33. The monoisotopic (exact) mass is 230 g/mol. The van der Waals surface area contributed by atoms with E-state index in [0.29, 0.717) is 5.13 Å². The highest BCUT2D eigenvalue weighted by atomic mass is 32.2. The summed E-state index contributed by atoms with van der Waals surface area (Å²) in [5.74, 6) is 0.840. The van der Waals surface area contributed by atoms with Crippen LogP contribution in [0.1, 0.15) is 5.01 Å². The van der Waals surface area contributed by atoms with Gasteiger partial charge in [0.2, 0.25) is 5.13 Å². The molecule has 4 nitrogen and oxygen atoms in total. The van der Waals surface area contributed by atoms with Crippen LogP contribution in [0.2, 0.25) is 0 Å². The van der Waals surface area contributed by atoms with Gasteiger partial charge in [0, 0.05) is 11.6 Å². The molecule has 0 aliphatic carbocycles. The molecule has 2 heterocycles. The Morgan fingerprint density at radius 1 is 1.46 bits per heavy atom. The van der Waals surface area contributed by atoms with Crippen LogP contribution in [0.3, 0.4) is 0 Å². The van der Waals surface area contributed by atoms with Crippen molar-refractivity contribution in [2.45, 2.75) is 10.1 Å². The van der Waals surface area contributed by atoms with Crippen molar-refractivity contribution in [3.63, 3.8) is 0 Å². The molecule has 0 saturated carbocycles. The first-order valence-electron chi connectivity index (χ1n) is 3.45. The predicted molar refractivity (Wildman–Crippen MR) is 56.0 cm³/mol. The first-order chi connectivity index (χ1) is 6.34. The summed E-state index contributed by atoms with van der Waals surface area (Å²) >= 11 is 4.66. The minimum Gasteiger partial charge on any atom is -0.374 e. The smallest absolute Gasteiger partial charge is 0.203 e. The minimum atomic E-state index is 0.515. The van der Waals surface area contributed by atoms with E-state index < -0.39 is 0 Å². The van der Waals surface area contributed by atoms with Crippen LogP contribution in [0.25, 0.3) is 0 Å². The third kappa shape index (κ3) is 2.39.